The lowest BCUT2D eigenvalue weighted by molar-refractivity contribution is 0.103. The average Bonchev–Trinajstić information content (AvgIpc) is 2.44. The summed E-state index contributed by atoms with van der Waals surface area (Å²) in [5.74, 6) is -0.383. The van der Waals surface area contributed by atoms with Crippen molar-refractivity contribution in [3.8, 4) is 5.75 Å². The molecule has 4 heteroatoms. The van der Waals surface area contributed by atoms with Gasteiger partial charge in [-0.2, -0.15) is 0 Å². The van der Waals surface area contributed by atoms with Crippen LogP contribution in [0.15, 0.2) is 30.3 Å². The normalized spacial score (nSPS) is 10.4. The first-order valence-corrected chi connectivity index (χ1v) is 6.47. The van der Waals surface area contributed by atoms with Crippen LogP contribution in [0.1, 0.15) is 27.0 Å². The van der Waals surface area contributed by atoms with Crippen molar-refractivity contribution >= 4 is 17.4 Å². The number of aryl methyl sites for hydroxylation is 1. The van der Waals surface area contributed by atoms with E-state index in [1.54, 1.807) is 6.07 Å². The topological polar surface area (TPSA) is 26.3 Å². The van der Waals surface area contributed by atoms with Crippen LogP contribution >= 0.6 is 11.6 Å². The summed E-state index contributed by atoms with van der Waals surface area (Å²) in [6, 6.07) is 7.55. The Labute approximate surface area is 122 Å². The second-order valence-corrected chi connectivity index (χ2v) is 4.95. The first-order chi connectivity index (χ1) is 9.45. The van der Waals surface area contributed by atoms with Crippen LogP contribution in [0.25, 0.3) is 0 Å². The van der Waals surface area contributed by atoms with E-state index >= 15 is 0 Å². The maximum absolute atomic E-state index is 13.5. The molecule has 20 heavy (non-hydrogen) atoms. The number of rotatable bonds is 3. The van der Waals surface area contributed by atoms with E-state index in [1.807, 2.05) is 19.9 Å². The van der Waals surface area contributed by atoms with Crippen LogP contribution in [-0.4, -0.2) is 12.9 Å². The molecule has 0 aliphatic heterocycles. The zero-order chi connectivity index (χ0) is 14.9. The Morgan fingerprint density at radius 3 is 2.50 bits per heavy atom. The fraction of sp³-hybridized carbons (Fsp3) is 0.188. The molecule has 0 aromatic heterocycles. The van der Waals surface area contributed by atoms with Crippen molar-refractivity contribution < 1.29 is 13.9 Å². The van der Waals surface area contributed by atoms with Crippen LogP contribution in [0.3, 0.4) is 0 Å². The van der Waals surface area contributed by atoms with Crippen LogP contribution in [0.5, 0.6) is 5.75 Å². The fourth-order valence-electron chi connectivity index (χ4n) is 2.02. The number of methoxy groups -OCH3 is 1. The predicted molar refractivity (Wildman–Crippen MR) is 77.3 cm³/mol. The van der Waals surface area contributed by atoms with E-state index in [4.69, 9.17) is 16.3 Å². The SMILES string of the molecule is COc1c(C(=O)c2ccc(Cl)c(F)c2)ccc(C)c1C. The summed E-state index contributed by atoms with van der Waals surface area (Å²) >= 11 is 5.62. The third-order valence-corrected chi connectivity index (χ3v) is 3.61. The highest BCUT2D eigenvalue weighted by molar-refractivity contribution is 6.30. The van der Waals surface area contributed by atoms with Crippen molar-refractivity contribution in [1.82, 2.24) is 0 Å². The minimum atomic E-state index is -0.611. The van der Waals surface area contributed by atoms with Crippen LogP contribution in [-0.2, 0) is 0 Å². The van der Waals surface area contributed by atoms with Gasteiger partial charge in [-0.05, 0) is 49.2 Å². The highest BCUT2D eigenvalue weighted by atomic mass is 35.5. The second-order valence-electron chi connectivity index (χ2n) is 4.55. The van der Waals surface area contributed by atoms with Crippen molar-refractivity contribution in [3.63, 3.8) is 0 Å². The first kappa shape index (κ1) is 14.5. The third-order valence-electron chi connectivity index (χ3n) is 3.31. The molecule has 0 bridgehead atoms. The van der Waals surface area contributed by atoms with Crippen molar-refractivity contribution in [2.45, 2.75) is 13.8 Å². The number of hydrogen-bond acceptors (Lipinski definition) is 2. The number of carbonyl (C=O) groups excluding carboxylic acids is 1. The predicted octanol–water partition coefficient (Wildman–Crippen LogP) is 4.34. The maximum Gasteiger partial charge on any atom is 0.196 e. The smallest absolute Gasteiger partial charge is 0.196 e. The molecule has 0 N–H and O–H groups in total. The van der Waals surface area contributed by atoms with Gasteiger partial charge in [0, 0.05) is 5.56 Å². The summed E-state index contributed by atoms with van der Waals surface area (Å²) in [7, 11) is 1.51. The molecule has 2 aromatic carbocycles. The molecule has 0 amide bonds. The van der Waals surface area contributed by atoms with Gasteiger partial charge in [0.1, 0.15) is 11.6 Å². The zero-order valence-corrected chi connectivity index (χ0v) is 12.2. The number of carbonyl (C=O) groups is 1. The lowest BCUT2D eigenvalue weighted by atomic mass is 9.97. The second kappa shape index (κ2) is 5.63. The molecule has 0 saturated heterocycles. The Kier molecular flexibility index (Phi) is 4.09. The number of ether oxygens (including phenoxy) is 1. The highest BCUT2D eigenvalue weighted by Crippen LogP contribution is 2.28. The largest absolute Gasteiger partial charge is 0.496 e. The van der Waals surface area contributed by atoms with E-state index in [2.05, 4.69) is 0 Å². The van der Waals surface area contributed by atoms with E-state index in [0.717, 1.165) is 17.2 Å². The molecule has 2 rings (SSSR count). The number of ketones is 1. The molecule has 104 valence electrons. The van der Waals surface area contributed by atoms with Gasteiger partial charge in [-0.1, -0.05) is 17.7 Å². The Bertz CT molecular complexity index is 680. The Balaban J connectivity index is 2.53. The van der Waals surface area contributed by atoms with Crippen LogP contribution in [0.2, 0.25) is 5.02 Å². The molecule has 0 heterocycles. The standard InChI is InChI=1S/C16H14ClFO2/c1-9-4-6-12(16(20-3)10(9)2)15(19)11-5-7-13(17)14(18)8-11/h4-8H,1-3H3. The van der Waals surface area contributed by atoms with Gasteiger partial charge in [0.15, 0.2) is 5.78 Å². The molecule has 0 aliphatic carbocycles. The van der Waals surface area contributed by atoms with E-state index in [1.165, 1.54) is 19.2 Å². The average molecular weight is 293 g/mol. The molecule has 0 fully saturated rings. The summed E-state index contributed by atoms with van der Waals surface area (Å²) in [5.41, 5.74) is 2.58. The number of halogens is 2. The molecule has 2 aromatic rings. The summed E-state index contributed by atoms with van der Waals surface area (Å²) in [6.45, 7) is 3.82. The van der Waals surface area contributed by atoms with E-state index in [-0.39, 0.29) is 16.4 Å². The molecule has 0 spiro atoms. The lowest BCUT2D eigenvalue weighted by Crippen LogP contribution is -2.06. The Morgan fingerprint density at radius 2 is 1.90 bits per heavy atom. The van der Waals surface area contributed by atoms with Gasteiger partial charge in [-0.25, -0.2) is 4.39 Å². The monoisotopic (exact) mass is 292 g/mol. The van der Waals surface area contributed by atoms with Gasteiger partial charge >= 0.3 is 0 Å². The van der Waals surface area contributed by atoms with Gasteiger partial charge in [-0.15, -0.1) is 0 Å². The van der Waals surface area contributed by atoms with Crippen LogP contribution in [0, 0.1) is 19.7 Å². The molecule has 0 atom stereocenters. The van der Waals surface area contributed by atoms with Crippen molar-refractivity contribution in [1.29, 1.82) is 0 Å². The van der Waals surface area contributed by atoms with Gasteiger partial charge < -0.3 is 4.74 Å². The molecule has 0 aliphatic rings. The summed E-state index contributed by atoms with van der Waals surface area (Å²) in [4.78, 5) is 12.5. The lowest BCUT2D eigenvalue weighted by Gasteiger charge is -2.13. The number of hydrogen-bond donors (Lipinski definition) is 0. The van der Waals surface area contributed by atoms with E-state index in [9.17, 15) is 9.18 Å². The molecule has 0 radical (unpaired) electrons. The fourth-order valence-corrected chi connectivity index (χ4v) is 2.14. The summed E-state index contributed by atoms with van der Waals surface area (Å²) < 4.78 is 18.8. The zero-order valence-electron chi connectivity index (χ0n) is 11.5. The van der Waals surface area contributed by atoms with Crippen molar-refractivity contribution in [2.75, 3.05) is 7.11 Å². The quantitative estimate of drug-likeness (QED) is 0.787. The van der Waals surface area contributed by atoms with Crippen molar-refractivity contribution in [2.24, 2.45) is 0 Å². The minimum Gasteiger partial charge on any atom is -0.496 e. The van der Waals surface area contributed by atoms with Crippen molar-refractivity contribution in [3.05, 3.63) is 63.4 Å². The summed E-state index contributed by atoms with van der Waals surface area (Å²) in [6.07, 6.45) is 0. The Hall–Kier alpha value is -1.87. The molecular formula is C16H14ClFO2. The molecule has 0 unspecified atom stereocenters. The van der Waals surface area contributed by atoms with Gasteiger partial charge in [0.25, 0.3) is 0 Å². The minimum absolute atomic E-state index is 0.00592. The highest BCUT2D eigenvalue weighted by Gasteiger charge is 2.18. The van der Waals surface area contributed by atoms with E-state index in [0.29, 0.717) is 11.3 Å². The van der Waals surface area contributed by atoms with Gasteiger partial charge in [-0.3, -0.25) is 4.79 Å². The third kappa shape index (κ3) is 2.54. The maximum atomic E-state index is 13.5. The van der Waals surface area contributed by atoms with E-state index < -0.39 is 5.82 Å². The number of benzene rings is 2. The summed E-state index contributed by atoms with van der Waals surface area (Å²) in [5, 5.41) is -0.00592. The molecule has 2 nitrogen and oxygen atoms in total. The van der Waals surface area contributed by atoms with Crippen LogP contribution in [0.4, 0.5) is 4.39 Å². The van der Waals surface area contributed by atoms with Gasteiger partial charge in [0.05, 0.1) is 17.7 Å². The van der Waals surface area contributed by atoms with Gasteiger partial charge in [0.2, 0.25) is 0 Å². The molecule has 0 saturated carbocycles. The first-order valence-electron chi connectivity index (χ1n) is 6.09. The molecular weight excluding hydrogens is 279 g/mol. The Morgan fingerprint density at radius 1 is 1.20 bits per heavy atom. The van der Waals surface area contributed by atoms with Crippen LogP contribution < -0.4 is 4.74 Å².